The summed E-state index contributed by atoms with van der Waals surface area (Å²) in [6, 6.07) is 0. The summed E-state index contributed by atoms with van der Waals surface area (Å²) in [6.45, 7) is 0. The van der Waals surface area contributed by atoms with Crippen LogP contribution in [0.1, 0.15) is 44.9 Å². The lowest BCUT2D eigenvalue weighted by Gasteiger charge is -2.21. The molecule has 66 valence electrons. The second kappa shape index (κ2) is 4.73. The zero-order valence-electron chi connectivity index (χ0n) is 7.13. The average molecular weight is 157 g/mol. The minimum Gasteiger partial charge on any atom is -0.379 e. The van der Waals surface area contributed by atoms with Crippen molar-refractivity contribution >= 4 is 0 Å². The Morgan fingerprint density at radius 2 is 1.91 bits per heavy atom. The summed E-state index contributed by atoms with van der Waals surface area (Å²) >= 11 is 0. The quantitative estimate of drug-likeness (QED) is 0.611. The molecule has 0 aromatic carbocycles. The molecule has 1 atom stereocenters. The first kappa shape index (κ1) is 9.01. The summed E-state index contributed by atoms with van der Waals surface area (Å²) in [6.07, 6.45) is 8.19. The van der Waals surface area contributed by atoms with Crippen molar-refractivity contribution in [3.8, 4) is 0 Å². The number of hydrogen-bond acceptors (Lipinski definition) is 2. The molecule has 1 rings (SSSR count). The first-order chi connectivity index (χ1) is 5.29. The van der Waals surface area contributed by atoms with Gasteiger partial charge in [-0.3, -0.25) is 0 Å². The maximum absolute atomic E-state index is 8.86. The van der Waals surface area contributed by atoms with Crippen LogP contribution in [-0.2, 0) is 0 Å². The van der Waals surface area contributed by atoms with Crippen LogP contribution in [0.15, 0.2) is 0 Å². The summed E-state index contributed by atoms with van der Waals surface area (Å²) in [5.74, 6) is 0.849. The van der Waals surface area contributed by atoms with E-state index in [1.807, 2.05) is 0 Å². The molecule has 1 saturated carbocycles. The van der Waals surface area contributed by atoms with Crippen molar-refractivity contribution in [2.45, 2.75) is 51.2 Å². The summed E-state index contributed by atoms with van der Waals surface area (Å²) in [7, 11) is 0. The Hall–Kier alpha value is -0.0800. The van der Waals surface area contributed by atoms with Gasteiger partial charge in [0.15, 0.2) is 0 Å². The van der Waals surface area contributed by atoms with Crippen molar-refractivity contribution in [1.29, 1.82) is 0 Å². The molecule has 0 aromatic rings. The van der Waals surface area contributed by atoms with Crippen LogP contribution in [0.4, 0.5) is 0 Å². The van der Waals surface area contributed by atoms with Gasteiger partial charge < -0.3 is 10.8 Å². The van der Waals surface area contributed by atoms with Crippen LogP contribution in [0.5, 0.6) is 0 Å². The third-order valence-electron chi connectivity index (χ3n) is 2.60. The second-order valence-electron chi connectivity index (χ2n) is 3.65. The summed E-state index contributed by atoms with van der Waals surface area (Å²) < 4.78 is 0. The van der Waals surface area contributed by atoms with Gasteiger partial charge in [0.25, 0.3) is 0 Å². The molecule has 0 bridgehead atoms. The van der Waals surface area contributed by atoms with Gasteiger partial charge in [-0.25, -0.2) is 0 Å². The van der Waals surface area contributed by atoms with Crippen LogP contribution in [0, 0.1) is 5.92 Å². The van der Waals surface area contributed by atoms with Crippen molar-refractivity contribution in [3.63, 3.8) is 0 Å². The lowest BCUT2D eigenvalue weighted by Crippen LogP contribution is -2.20. The molecule has 0 radical (unpaired) electrons. The zero-order chi connectivity index (χ0) is 8.10. The van der Waals surface area contributed by atoms with E-state index >= 15 is 0 Å². The van der Waals surface area contributed by atoms with Crippen molar-refractivity contribution in [2.24, 2.45) is 11.7 Å². The number of hydrogen-bond donors (Lipinski definition) is 2. The molecule has 0 amide bonds. The van der Waals surface area contributed by atoms with Gasteiger partial charge >= 0.3 is 0 Å². The van der Waals surface area contributed by atoms with Crippen LogP contribution >= 0.6 is 0 Å². The zero-order valence-corrected chi connectivity index (χ0v) is 7.13. The van der Waals surface area contributed by atoms with Gasteiger partial charge in [-0.05, 0) is 18.8 Å². The molecule has 2 nitrogen and oxygen atoms in total. The fraction of sp³-hybridized carbons (Fsp3) is 1.00. The Morgan fingerprint density at radius 1 is 1.27 bits per heavy atom. The SMILES string of the molecule is N[C@@H](O)CCC1CCCCC1. The second-order valence-corrected chi connectivity index (χ2v) is 3.65. The predicted octanol–water partition coefficient (Wildman–Crippen LogP) is 1.62. The van der Waals surface area contributed by atoms with E-state index < -0.39 is 6.23 Å². The number of aliphatic hydroxyl groups excluding tert-OH is 1. The van der Waals surface area contributed by atoms with Crippen molar-refractivity contribution in [2.75, 3.05) is 0 Å². The van der Waals surface area contributed by atoms with E-state index in [0.29, 0.717) is 0 Å². The Balaban J connectivity index is 2.05. The monoisotopic (exact) mass is 157 g/mol. The number of nitrogens with two attached hydrogens (primary N) is 1. The summed E-state index contributed by atoms with van der Waals surface area (Å²) in [4.78, 5) is 0. The number of aliphatic hydroxyl groups is 1. The molecule has 0 saturated heterocycles. The Morgan fingerprint density at radius 3 is 2.45 bits per heavy atom. The maximum atomic E-state index is 8.86. The van der Waals surface area contributed by atoms with Gasteiger partial charge in [0, 0.05) is 0 Å². The van der Waals surface area contributed by atoms with Crippen LogP contribution in [0.25, 0.3) is 0 Å². The molecule has 1 aliphatic carbocycles. The Labute approximate surface area is 68.8 Å². The van der Waals surface area contributed by atoms with Gasteiger partial charge in [0.05, 0.1) is 0 Å². The molecular formula is C9H19NO. The summed E-state index contributed by atoms with van der Waals surface area (Å²) in [5.41, 5.74) is 5.27. The van der Waals surface area contributed by atoms with Gasteiger partial charge in [0.1, 0.15) is 6.23 Å². The maximum Gasteiger partial charge on any atom is 0.102 e. The minimum atomic E-state index is -0.586. The molecule has 0 unspecified atom stereocenters. The average Bonchev–Trinajstić information content (AvgIpc) is 2.03. The lowest BCUT2D eigenvalue weighted by atomic mass is 9.86. The first-order valence-corrected chi connectivity index (χ1v) is 4.72. The first-order valence-electron chi connectivity index (χ1n) is 4.72. The minimum absolute atomic E-state index is 0.586. The van der Waals surface area contributed by atoms with E-state index in [0.717, 1.165) is 18.8 Å². The fourth-order valence-corrected chi connectivity index (χ4v) is 1.88. The molecule has 1 fully saturated rings. The van der Waals surface area contributed by atoms with Crippen LogP contribution < -0.4 is 5.73 Å². The normalized spacial score (nSPS) is 23.5. The van der Waals surface area contributed by atoms with Gasteiger partial charge in [-0.2, -0.15) is 0 Å². The molecular weight excluding hydrogens is 138 g/mol. The van der Waals surface area contributed by atoms with E-state index in [9.17, 15) is 0 Å². The molecule has 0 aliphatic heterocycles. The molecule has 0 heterocycles. The predicted molar refractivity (Wildman–Crippen MR) is 46.0 cm³/mol. The van der Waals surface area contributed by atoms with E-state index in [4.69, 9.17) is 10.8 Å². The summed E-state index contributed by atoms with van der Waals surface area (Å²) in [5, 5.41) is 8.86. The molecule has 0 aromatic heterocycles. The van der Waals surface area contributed by atoms with Crippen molar-refractivity contribution in [1.82, 2.24) is 0 Å². The molecule has 3 N–H and O–H groups in total. The molecule has 1 aliphatic rings. The van der Waals surface area contributed by atoms with E-state index in [-0.39, 0.29) is 0 Å². The van der Waals surface area contributed by atoms with Crippen LogP contribution in [0.2, 0.25) is 0 Å². The topological polar surface area (TPSA) is 46.2 Å². The lowest BCUT2D eigenvalue weighted by molar-refractivity contribution is 0.156. The van der Waals surface area contributed by atoms with Crippen molar-refractivity contribution < 1.29 is 5.11 Å². The van der Waals surface area contributed by atoms with Crippen LogP contribution in [0.3, 0.4) is 0 Å². The highest BCUT2D eigenvalue weighted by Crippen LogP contribution is 2.27. The third kappa shape index (κ3) is 3.73. The van der Waals surface area contributed by atoms with E-state index in [1.165, 1.54) is 32.1 Å². The van der Waals surface area contributed by atoms with Crippen molar-refractivity contribution in [3.05, 3.63) is 0 Å². The fourth-order valence-electron chi connectivity index (χ4n) is 1.88. The highest BCUT2D eigenvalue weighted by atomic mass is 16.3. The molecule has 2 heteroatoms. The number of rotatable bonds is 3. The van der Waals surface area contributed by atoms with E-state index in [1.54, 1.807) is 0 Å². The molecule has 0 spiro atoms. The highest BCUT2D eigenvalue weighted by molar-refractivity contribution is 4.66. The smallest absolute Gasteiger partial charge is 0.102 e. The standard InChI is InChI=1S/C9H19NO/c10-9(11)7-6-8-4-2-1-3-5-8/h8-9,11H,1-7,10H2/t9-/m0/s1. The Bertz CT molecular complexity index is 97.7. The Kier molecular flexibility index (Phi) is 3.87. The van der Waals surface area contributed by atoms with Crippen LogP contribution in [-0.4, -0.2) is 11.3 Å². The third-order valence-corrected chi connectivity index (χ3v) is 2.60. The largest absolute Gasteiger partial charge is 0.379 e. The molecule has 11 heavy (non-hydrogen) atoms. The van der Waals surface area contributed by atoms with E-state index in [2.05, 4.69) is 0 Å². The highest BCUT2D eigenvalue weighted by Gasteiger charge is 2.13. The van der Waals surface area contributed by atoms with Gasteiger partial charge in [-0.15, -0.1) is 0 Å². The van der Waals surface area contributed by atoms with Gasteiger partial charge in [-0.1, -0.05) is 32.1 Å². The van der Waals surface area contributed by atoms with Gasteiger partial charge in [0.2, 0.25) is 0 Å².